The Bertz CT molecular complexity index is 932. The van der Waals surface area contributed by atoms with Gasteiger partial charge in [0.2, 0.25) is 0 Å². The standard InChI is InChI=1S/C24H30N4O4S6/c29-13-21(15-33)27-37-35-11-9-25-23(31)19-5-1-17(2-6-19)18-3-7-20(8-4-18)24(32)26-10-12-36-38-28-22(14-30)16-34/h1-8,13-14,21-22,27-28,33-34H,9-12,15-16H2,(H,25,31)(H,26,32)/t21-,22-/m1/s1. The Morgan fingerprint density at radius 2 is 1.05 bits per heavy atom. The van der Waals surface area contributed by atoms with Crippen LogP contribution in [0, 0.1) is 0 Å². The number of carbonyl (C=O) groups excluding carboxylic acids is 4. The first-order chi connectivity index (χ1) is 18.5. The first-order valence-electron chi connectivity index (χ1n) is 11.5. The van der Waals surface area contributed by atoms with E-state index in [4.69, 9.17) is 0 Å². The molecule has 206 valence electrons. The Labute approximate surface area is 250 Å². The van der Waals surface area contributed by atoms with Gasteiger partial charge in [-0.2, -0.15) is 25.3 Å². The van der Waals surface area contributed by atoms with E-state index in [1.54, 1.807) is 24.3 Å². The quantitative estimate of drug-likeness (QED) is 0.0453. The third-order valence-electron chi connectivity index (χ3n) is 4.81. The molecule has 0 aliphatic carbocycles. The van der Waals surface area contributed by atoms with E-state index in [2.05, 4.69) is 45.3 Å². The van der Waals surface area contributed by atoms with Crippen molar-refractivity contribution < 1.29 is 19.2 Å². The number of carbonyl (C=O) groups is 4. The first-order valence-corrected chi connectivity index (χ1v) is 17.4. The average Bonchev–Trinajstić information content (AvgIpc) is 2.96. The van der Waals surface area contributed by atoms with E-state index in [1.807, 2.05) is 24.3 Å². The van der Waals surface area contributed by atoms with Gasteiger partial charge in [-0.1, -0.05) is 45.9 Å². The smallest absolute Gasteiger partial charge is 0.251 e. The molecule has 0 radical (unpaired) electrons. The molecule has 0 spiro atoms. The van der Waals surface area contributed by atoms with Crippen molar-refractivity contribution >= 4 is 93.2 Å². The van der Waals surface area contributed by atoms with Gasteiger partial charge in [0.15, 0.2) is 0 Å². The van der Waals surface area contributed by atoms with Gasteiger partial charge >= 0.3 is 0 Å². The van der Waals surface area contributed by atoms with E-state index >= 15 is 0 Å². The zero-order valence-electron chi connectivity index (χ0n) is 20.3. The topological polar surface area (TPSA) is 116 Å². The van der Waals surface area contributed by atoms with Gasteiger partial charge in [-0.3, -0.25) is 9.59 Å². The lowest BCUT2D eigenvalue weighted by molar-refractivity contribution is -0.109. The molecular formula is C24H30N4O4S6. The molecule has 4 N–H and O–H groups in total. The molecule has 2 atom stereocenters. The molecule has 0 aliphatic heterocycles. The van der Waals surface area contributed by atoms with E-state index in [1.165, 1.54) is 43.5 Å². The molecule has 8 nitrogen and oxygen atoms in total. The van der Waals surface area contributed by atoms with E-state index in [0.29, 0.717) is 47.2 Å². The van der Waals surface area contributed by atoms with Crippen LogP contribution in [-0.2, 0) is 9.59 Å². The van der Waals surface area contributed by atoms with Crippen molar-refractivity contribution in [3.05, 3.63) is 59.7 Å². The van der Waals surface area contributed by atoms with Crippen molar-refractivity contribution in [1.82, 2.24) is 20.1 Å². The molecule has 2 aromatic carbocycles. The van der Waals surface area contributed by atoms with Crippen LogP contribution in [0.15, 0.2) is 48.5 Å². The van der Waals surface area contributed by atoms with Gasteiger partial charge in [0.1, 0.15) is 12.6 Å². The minimum Gasteiger partial charge on any atom is -0.351 e. The zero-order chi connectivity index (χ0) is 27.6. The van der Waals surface area contributed by atoms with E-state index in [0.717, 1.165) is 23.7 Å². The van der Waals surface area contributed by atoms with E-state index < -0.39 is 0 Å². The summed E-state index contributed by atoms with van der Waals surface area (Å²) < 4.78 is 5.96. The number of amides is 2. The Morgan fingerprint density at radius 3 is 1.37 bits per heavy atom. The number of hydrogen-bond acceptors (Lipinski definition) is 12. The summed E-state index contributed by atoms with van der Waals surface area (Å²) in [5.74, 6) is 1.94. The number of nitrogens with one attached hydrogen (secondary N) is 4. The molecule has 0 heterocycles. The van der Waals surface area contributed by atoms with Gasteiger partial charge in [-0.15, -0.1) is 0 Å². The minimum absolute atomic E-state index is 0.152. The highest BCUT2D eigenvalue weighted by atomic mass is 33.1. The van der Waals surface area contributed by atoms with E-state index in [-0.39, 0.29) is 23.9 Å². The molecule has 2 rings (SSSR count). The van der Waals surface area contributed by atoms with Crippen molar-refractivity contribution in [2.45, 2.75) is 12.1 Å². The predicted octanol–water partition coefficient (Wildman–Crippen LogP) is 3.58. The van der Waals surface area contributed by atoms with Crippen molar-refractivity contribution in [3.63, 3.8) is 0 Å². The SMILES string of the molecule is O=C[C@H](CS)NSSCCNC(=O)c1ccc(-c2ccc(C(=O)NCCSSN[C@H](C=O)CS)cc2)cc1. The maximum Gasteiger partial charge on any atom is 0.251 e. The summed E-state index contributed by atoms with van der Waals surface area (Å²) in [6.45, 7) is 1.00. The molecule has 0 fully saturated rings. The molecule has 2 amide bonds. The van der Waals surface area contributed by atoms with Crippen LogP contribution in [0.4, 0.5) is 0 Å². The predicted molar refractivity (Wildman–Crippen MR) is 170 cm³/mol. The normalized spacial score (nSPS) is 12.4. The summed E-state index contributed by atoms with van der Waals surface area (Å²) >= 11 is 8.15. The summed E-state index contributed by atoms with van der Waals surface area (Å²) in [7, 11) is 5.75. The Balaban J connectivity index is 1.71. The molecule has 0 saturated heterocycles. The number of hydrogen-bond donors (Lipinski definition) is 6. The summed E-state index contributed by atoms with van der Waals surface area (Å²) in [5, 5.41) is 5.76. The van der Waals surface area contributed by atoms with Crippen molar-refractivity contribution in [3.8, 4) is 11.1 Å². The van der Waals surface area contributed by atoms with Crippen LogP contribution in [0.2, 0.25) is 0 Å². The molecule has 0 aromatic heterocycles. The second kappa shape index (κ2) is 19.7. The monoisotopic (exact) mass is 630 g/mol. The maximum atomic E-state index is 12.4. The Kier molecular flexibility index (Phi) is 17.1. The highest BCUT2D eigenvalue weighted by Gasteiger charge is 2.09. The van der Waals surface area contributed by atoms with Crippen LogP contribution in [0.25, 0.3) is 11.1 Å². The van der Waals surface area contributed by atoms with Crippen LogP contribution < -0.4 is 20.1 Å². The molecule has 2 aromatic rings. The molecule has 0 aliphatic rings. The van der Waals surface area contributed by atoms with Crippen LogP contribution in [-0.4, -0.2) is 72.6 Å². The van der Waals surface area contributed by atoms with Crippen LogP contribution in [0.1, 0.15) is 20.7 Å². The van der Waals surface area contributed by atoms with Crippen molar-refractivity contribution in [1.29, 1.82) is 0 Å². The zero-order valence-corrected chi connectivity index (χ0v) is 25.4. The third-order valence-corrected chi connectivity index (χ3v) is 9.65. The Morgan fingerprint density at radius 1 is 0.684 bits per heavy atom. The summed E-state index contributed by atoms with van der Waals surface area (Å²) in [5.41, 5.74) is 3.01. The fourth-order valence-corrected chi connectivity index (χ4v) is 6.69. The molecular weight excluding hydrogens is 601 g/mol. The lowest BCUT2D eigenvalue weighted by atomic mass is 10.0. The summed E-state index contributed by atoms with van der Waals surface area (Å²) in [6, 6.07) is 14.0. The van der Waals surface area contributed by atoms with Gasteiger partial charge in [-0.05, 0) is 57.4 Å². The van der Waals surface area contributed by atoms with Crippen LogP contribution in [0.3, 0.4) is 0 Å². The summed E-state index contributed by atoms with van der Waals surface area (Å²) in [4.78, 5) is 46.2. The second-order valence-electron chi connectivity index (χ2n) is 7.56. The minimum atomic E-state index is -0.290. The van der Waals surface area contributed by atoms with E-state index in [9.17, 15) is 19.2 Å². The fourth-order valence-electron chi connectivity index (χ4n) is 2.74. The Hall–Kier alpha value is -1.26. The van der Waals surface area contributed by atoms with Crippen LogP contribution >= 0.6 is 68.8 Å². The average molecular weight is 631 g/mol. The van der Waals surface area contributed by atoms with Crippen LogP contribution in [0.5, 0.6) is 0 Å². The molecule has 0 saturated carbocycles. The molecule has 14 heteroatoms. The highest BCUT2D eigenvalue weighted by Crippen LogP contribution is 2.21. The van der Waals surface area contributed by atoms with Crippen molar-refractivity contribution in [2.24, 2.45) is 0 Å². The summed E-state index contributed by atoms with van der Waals surface area (Å²) in [6.07, 6.45) is 1.63. The maximum absolute atomic E-state index is 12.4. The number of thiol groups is 2. The van der Waals surface area contributed by atoms with Gasteiger partial charge in [0.25, 0.3) is 11.8 Å². The van der Waals surface area contributed by atoms with Gasteiger partial charge in [0, 0.05) is 47.2 Å². The van der Waals surface area contributed by atoms with Crippen molar-refractivity contribution in [2.75, 3.05) is 36.1 Å². The molecule has 0 bridgehead atoms. The first kappa shape index (κ1) is 32.9. The number of rotatable bonds is 19. The largest absolute Gasteiger partial charge is 0.351 e. The second-order valence-corrected chi connectivity index (χ2v) is 12.8. The van der Waals surface area contributed by atoms with Gasteiger partial charge in [0.05, 0.1) is 12.1 Å². The number of benzene rings is 2. The molecule has 0 unspecified atom stereocenters. The number of aldehydes is 2. The highest BCUT2D eigenvalue weighted by molar-refractivity contribution is 8.76. The van der Waals surface area contributed by atoms with Gasteiger partial charge < -0.3 is 20.2 Å². The lowest BCUT2D eigenvalue weighted by Crippen LogP contribution is -2.27. The lowest BCUT2D eigenvalue weighted by Gasteiger charge is -2.09. The third kappa shape index (κ3) is 12.3. The molecule has 38 heavy (non-hydrogen) atoms. The van der Waals surface area contributed by atoms with Gasteiger partial charge in [-0.25, -0.2) is 9.44 Å². The fraction of sp³-hybridized carbons (Fsp3) is 0.333.